The summed E-state index contributed by atoms with van der Waals surface area (Å²) in [6.45, 7) is 5.39. The summed E-state index contributed by atoms with van der Waals surface area (Å²) in [5, 5.41) is 0. The zero-order valence-electron chi connectivity index (χ0n) is 12.1. The van der Waals surface area contributed by atoms with E-state index in [2.05, 4.69) is 17.6 Å². The van der Waals surface area contributed by atoms with E-state index in [4.69, 9.17) is 9.47 Å². The van der Waals surface area contributed by atoms with Crippen molar-refractivity contribution in [3.8, 4) is 11.8 Å². The Labute approximate surface area is 114 Å². The molecule has 0 aliphatic rings. The normalized spacial score (nSPS) is 9.53. The van der Waals surface area contributed by atoms with Crippen molar-refractivity contribution in [1.82, 2.24) is 0 Å². The maximum atomic E-state index is 12.0. The van der Waals surface area contributed by atoms with Gasteiger partial charge in [-0.25, -0.2) is 0 Å². The molecule has 0 bridgehead atoms. The molecular weight excluding hydrogens is 244 g/mol. The van der Waals surface area contributed by atoms with Crippen LogP contribution in [-0.2, 0) is 19.1 Å². The molecule has 0 aliphatic heterocycles. The number of ether oxygens (including phenoxy) is 2. The van der Waals surface area contributed by atoms with Gasteiger partial charge in [-0.05, 0) is 32.4 Å². The van der Waals surface area contributed by atoms with Crippen LogP contribution < -0.4 is 0 Å². The van der Waals surface area contributed by atoms with Crippen molar-refractivity contribution in [3.63, 3.8) is 0 Å². The zero-order chi connectivity index (χ0) is 14.9. The van der Waals surface area contributed by atoms with E-state index in [1.54, 1.807) is 13.0 Å². The van der Waals surface area contributed by atoms with E-state index < -0.39 is 17.4 Å². The molecular formula is C15H20O4. The highest BCUT2D eigenvalue weighted by Crippen LogP contribution is 2.30. The fourth-order valence-corrected chi connectivity index (χ4v) is 1.53. The molecule has 0 aromatic carbocycles. The van der Waals surface area contributed by atoms with Gasteiger partial charge in [0.05, 0.1) is 14.2 Å². The summed E-state index contributed by atoms with van der Waals surface area (Å²) in [7, 11) is 2.48. The van der Waals surface area contributed by atoms with Crippen LogP contribution in [0.25, 0.3) is 0 Å². The highest BCUT2D eigenvalue weighted by molar-refractivity contribution is 6.00. The minimum Gasteiger partial charge on any atom is -0.468 e. The maximum absolute atomic E-state index is 12.0. The van der Waals surface area contributed by atoms with Crippen molar-refractivity contribution < 1.29 is 19.1 Å². The van der Waals surface area contributed by atoms with Crippen LogP contribution in [0.4, 0.5) is 0 Å². The minimum atomic E-state index is -1.42. The summed E-state index contributed by atoms with van der Waals surface area (Å²) in [5.74, 6) is 4.14. The lowest BCUT2D eigenvalue weighted by molar-refractivity contribution is -0.168. The van der Waals surface area contributed by atoms with Crippen LogP contribution in [0.2, 0.25) is 0 Å². The number of methoxy groups -OCH3 is 2. The van der Waals surface area contributed by atoms with Crippen LogP contribution in [-0.4, -0.2) is 26.2 Å². The molecule has 0 aromatic heterocycles. The molecule has 0 rings (SSSR count). The predicted molar refractivity (Wildman–Crippen MR) is 72.1 cm³/mol. The molecule has 0 fully saturated rings. The molecule has 0 saturated heterocycles. The Bertz CT molecular complexity index is 436. The molecule has 4 nitrogen and oxygen atoms in total. The highest BCUT2D eigenvalue weighted by atomic mass is 16.5. The molecule has 0 radical (unpaired) electrons. The van der Waals surface area contributed by atoms with Crippen molar-refractivity contribution in [3.05, 3.63) is 17.4 Å². The first-order valence-electron chi connectivity index (χ1n) is 5.89. The Morgan fingerprint density at radius 2 is 1.68 bits per heavy atom. The molecule has 4 heteroatoms. The van der Waals surface area contributed by atoms with Crippen LogP contribution in [0, 0.1) is 17.3 Å². The standard InChI is InChI=1S/C15H20O4/c1-6-7-10-15(13(16)18-4,14(17)19-5)11-8-9-12(2)3/h8H,10-11H2,1-5H3. The molecule has 0 saturated carbocycles. The average Bonchev–Trinajstić information content (AvgIpc) is 2.40. The van der Waals surface area contributed by atoms with Gasteiger partial charge in [0, 0.05) is 12.8 Å². The minimum absolute atomic E-state index is 0.0593. The fraction of sp³-hybridized carbons (Fsp3) is 0.533. The van der Waals surface area contributed by atoms with Gasteiger partial charge in [-0.1, -0.05) is 0 Å². The summed E-state index contributed by atoms with van der Waals surface area (Å²) in [6, 6.07) is 0. The number of rotatable bonds is 5. The SMILES string of the molecule is CC#CCC(CC=C=C(C)C)(C(=O)OC)C(=O)OC. The zero-order valence-corrected chi connectivity index (χ0v) is 12.1. The number of carbonyl (C=O) groups is 2. The summed E-state index contributed by atoms with van der Waals surface area (Å²) >= 11 is 0. The Hall–Kier alpha value is -1.98. The third kappa shape index (κ3) is 4.65. The second kappa shape index (κ2) is 8.18. The number of hydrogen-bond acceptors (Lipinski definition) is 4. The number of allylic oxidation sites excluding steroid dienone is 1. The van der Waals surface area contributed by atoms with E-state index >= 15 is 0 Å². The molecule has 0 heterocycles. The first kappa shape index (κ1) is 17.0. The van der Waals surface area contributed by atoms with Gasteiger partial charge in [-0.15, -0.1) is 17.6 Å². The lowest BCUT2D eigenvalue weighted by Gasteiger charge is -2.24. The van der Waals surface area contributed by atoms with Crippen molar-refractivity contribution >= 4 is 11.9 Å². The molecule has 0 unspecified atom stereocenters. The van der Waals surface area contributed by atoms with E-state index in [1.165, 1.54) is 14.2 Å². The van der Waals surface area contributed by atoms with Gasteiger partial charge < -0.3 is 9.47 Å². The van der Waals surface area contributed by atoms with Gasteiger partial charge in [0.15, 0.2) is 5.41 Å². The van der Waals surface area contributed by atoms with Gasteiger partial charge in [-0.2, -0.15) is 0 Å². The smallest absolute Gasteiger partial charge is 0.324 e. The van der Waals surface area contributed by atoms with Crippen LogP contribution >= 0.6 is 0 Å². The Kier molecular flexibility index (Phi) is 7.33. The number of esters is 2. The number of carbonyl (C=O) groups excluding carboxylic acids is 2. The van der Waals surface area contributed by atoms with Crippen LogP contribution in [0.5, 0.6) is 0 Å². The lowest BCUT2D eigenvalue weighted by atomic mass is 9.81. The number of hydrogen-bond donors (Lipinski definition) is 0. The van der Waals surface area contributed by atoms with Crippen molar-refractivity contribution in [2.75, 3.05) is 14.2 Å². The lowest BCUT2D eigenvalue weighted by Crippen LogP contribution is -2.40. The van der Waals surface area contributed by atoms with Gasteiger partial charge in [-0.3, -0.25) is 9.59 Å². The summed E-state index contributed by atoms with van der Waals surface area (Å²) < 4.78 is 9.46. The third-order valence-electron chi connectivity index (χ3n) is 2.56. The Balaban J connectivity index is 5.58. The van der Waals surface area contributed by atoms with Gasteiger partial charge in [0.25, 0.3) is 0 Å². The quantitative estimate of drug-likeness (QED) is 0.331. The monoisotopic (exact) mass is 264 g/mol. The first-order valence-corrected chi connectivity index (χ1v) is 5.89. The third-order valence-corrected chi connectivity index (χ3v) is 2.56. The molecule has 0 atom stereocenters. The first-order chi connectivity index (χ1) is 8.94. The maximum Gasteiger partial charge on any atom is 0.324 e. The van der Waals surface area contributed by atoms with Crippen molar-refractivity contribution in [1.29, 1.82) is 0 Å². The van der Waals surface area contributed by atoms with E-state index in [0.717, 1.165) is 5.57 Å². The largest absolute Gasteiger partial charge is 0.468 e. The molecule has 19 heavy (non-hydrogen) atoms. The van der Waals surface area contributed by atoms with Gasteiger partial charge in [0.2, 0.25) is 0 Å². The molecule has 0 spiro atoms. The van der Waals surface area contributed by atoms with Gasteiger partial charge in [0.1, 0.15) is 0 Å². The second-order valence-electron chi connectivity index (χ2n) is 4.22. The second-order valence-corrected chi connectivity index (χ2v) is 4.22. The van der Waals surface area contributed by atoms with Crippen LogP contribution in [0.1, 0.15) is 33.6 Å². The van der Waals surface area contributed by atoms with Gasteiger partial charge >= 0.3 is 11.9 Å². The van der Waals surface area contributed by atoms with E-state index in [9.17, 15) is 9.59 Å². The van der Waals surface area contributed by atoms with Crippen molar-refractivity contribution in [2.24, 2.45) is 5.41 Å². The van der Waals surface area contributed by atoms with Crippen LogP contribution in [0.3, 0.4) is 0 Å². The van der Waals surface area contributed by atoms with E-state index in [-0.39, 0.29) is 12.8 Å². The van der Waals surface area contributed by atoms with Crippen molar-refractivity contribution in [2.45, 2.75) is 33.6 Å². The fourth-order valence-electron chi connectivity index (χ4n) is 1.53. The summed E-state index contributed by atoms with van der Waals surface area (Å²) in [4.78, 5) is 23.9. The topological polar surface area (TPSA) is 52.6 Å². The molecule has 0 N–H and O–H groups in total. The Morgan fingerprint density at radius 1 is 1.16 bits per heavy atom. The average molecular weight is 264 g/mol. The Morgan fingerprint density at radius 3 is 2.05 bits per heavy atom. The summed E-state index contributed by atoms with van der Waals surface area (Å²) in [6.07, 6.45) is 1.84. The molecule has 0 aliphatic carbocycles. The summed E-state index contributed by atoms with van der Waals surface area (Å²) in [5.41, 5.74) is 2.49. The van der Waals surface area contributed by atoms with Crippen LogP contribution in [0.15, 0.2) is 17.4 Å². The predicted octanol–water partition coefficient (Wildman–Crippen LogP) is 2.24. The highest BCUT2D eigenvalue weighted by Gasteiger charge is 2.47. The molecule has 0 aromatic rings. The van der Waals surface area contributed by atoms with E-state index in [1.807, 2.05) is 13.8 Å². The molecule has 0 amide bonds. The molecule has 104 valence electrons. The van der Waals surface area contributed by atoms with E-state index in [0.29, 0.717) is 0 Å².